The van der Waals surface area contributed by atoms with E-state index in [4.69, 9.17) is 30.4 Å². The molecule has 5 aliphatic rings. The molecule has 0 aromatic carbocycles. The topological polar surface area (TPSA) is 146 Å². The summed E-state index contributed by atoms with van der Waals surface area (Å²) in [7, 11) is 1.33. The summed E-state index contributed by atoms with van der Waals surface area (Å²) in [5, 5.41) is 28.9. The number of Topliss-reactive ketones (excluding diaryl/α,β-unsaturated/α-hetero) is 1. The second-order valence-electron chi connectivity index (χ2n) is 21.1. The quantitative estimate of drug-likeness (QED) is 0.0778. The van der Waals surface area contributed by atoms with Crippen LogP contribution in [-0.4, -0.2) is 77.7 Å². The summed E-state index contributed by atoms with van der Waals surface area (Å²) in [6.45, 7) is 23.9. The van der Waals surface area contributed by atoms with Crippen molar-refractivity contribution in [1.82, 2.24) is 4.98 Å². The van der Waals surface area contributed by atoms with Gasteiger partial charge in [-0.3, -0.25) is 14.4 Å². The van der Waals surface area contributed by atoms with Crippen LogP contribution in [0.25, 0.3) is 33.4 Å². The van der Waals surface area contributed by atoms with Gasteiger partial charge < -0.3 is 35.5 Å². The van der Waals surface area contributed by atoms with Gasteiger partial charge in [0.15, 0.2) is 5.78 Å². The van der Waals surface area contributed by atoms with Crippen molar-refractivity contribution >= 4 is 58.2 Å². The van der Waals surface area contributed by atoms with Crippen molar-refractivity contribution in [3.05, 3.63) is 78.2 Å². The maximum Gasteiger partial charge on any atom is 2.00 e. The van der Waals surface area contributed by atoms with Gasteiger partial charge >= 0.3 is 35.0 Å². The Balaban J connectivity index is 0.00000817. The molecule has 1 aromatic rings. The van der Waals surface area contributed by atoms with Gasteiger partial charge in [-0.25, -0.2) is 0 Å². The average Bonchev–Trinajstić information content (AvgIpc) is 4.00. The third-order valence-corrected chi connectivity index (χ3v) is 15.8. The molecule has 0 amide bonds. The molecule has 5 heterocycles. The number of ketones is 1. The first-order valence-electron chi connectivity index (χ1n) is 25.2. The van der Waals surface area contributed by atoms with Gasteiger partial charge in [-0.2, -0.15) is 17.1 Å². The van der Waals surface area contributed by atoms with Gasteiger partial charge in [-0.1, -0.05) is 154 Å². The molecule has 0 spiro atoms. The second-order valence-corrected chi connectivity index (χ2v) is 21.1. The standard InChI is InChI=1S/C55H81N4O6.Mg/c1-13-39-34(7)41-29-46-48(38(11)60)36(9)43(57-46)27-42-35(8)40(52(58-42)50-51(55(63)64-12)54(62)49-37(10)44(59-53(49)50)28-45(39)56-41)23-24-47(61)65-26-25-33(6)22-16-21-32(5)20-15-19-31(4)18-14-17-30(2)3;/h25,27-28,30-32,34-36,39-41,43,51-52H,13-24,26,29H2,1-12H3,(H2,57,60,62);/q-3;+2/p-1/b33-25-,42-27-,45-28-;/t31-,32-,34-,35+,36?,39-,40+,41+,43?,51-,52+;/m1./s1. The number of esters is 2. The van der Waals surface area contributed by atoms with E-state index in [9.17, 15) is 19.5 Å². The van der Waals surface area contributed by atoms with Crippen LogP contribution in [0, 0.1) is 60.2 Å². The molecule has 4 aliphatic heterocycles. The van der Waals surface area contributed by atoms with Gasteiger partial charge in [0, 0.05) is 11.6 Å². The molecule has 10 nitrogen and oxygen atoms in total. The molecular formula is C55H80MgN4O6-2. The van der Waals surface area contributed by atoms with Crippen LogP contribution in [0.5, 0.6) is 0 Å². The Kier molecular flexibility index (Phi) is 19.2. The molecule has 8 bridgehead atoms. The van der Waals surface area contributed by atoms with E-state index in [0.717, 1.165) is 59.3 Å². The monoisotopic (exact) mass is 917 g/mol. The zero-order chi connectivity index (χ0) is 47.3. The summed E-state index contributed by atoms with van der Waals surface area (Å²) in [5.41, 5.74) is 6.65. The summed E-state index contributed by atoms with van der Waals surface area (Å²) in [6.07, 6.45) is 19.5. The number of fused-ring (bicyclic) bond motifs is 8. The molecule has 0 radical (unpaired) electrons. The van der Waals surface area contributed by atoms with Crippen LogP contribution in [-0.2, 0) is 23.9 Å². The number of hydrogen-bond acceptors (Lipinski definition) is 6. The van der Waals surface area contributed by atoms with E-state index in [1.807, 2.05) is 19.1 Å². The third kappa shape index (κ3) is 12.0. The van der Waals surface area contributed by atoms with Crippen molar-refractivity contribution in [2.75, 3.05) is 13.7 Å². The van der Waals surface area contributed by atoms with Crippen LogP contribution < -0.4 is 15.6 Å². The van der Waals surface area contributed by atoms with Crippen molar-refractivity contribution in [2.24, 2.45) is 53.3 Å². The van der Waals surface area contributed by atoms with Gasteiger partial charge in [-0.05, 0) is 93.1 Å². The first-order chi connectivity index (χ1) is 30.9. The van der Waals surface area contributed by atoms with E-state index in [2.05, 4.69) is 68.4 Å². The predicted octanol–water partition coefficient (Wildman–Crippen LogP) is 11.2. The molecule has 1 aliphatic carbocycles. The van der Waals surface area contributed by atoms with Gasteiger partial charge in [0.05, 0.1) is 7.11 Å². The van der Waals surface area contributed by atoms with Crippen molar-refractivity contribution in [1.29, 1.82) is 0 Å². The van der Waals surface area contributed by atoms with Crippen LogP contribution in [0.1, 0.15) is 164 Å². The smallest absolute Gasteiger partial charge is 0.684 e. The second kappa shape index (κ2) is 23.7. The molecule has 1 aromatic heterocycles. The van der Waals surface area contributed by atoms with Crippen LogP contribution in [0.3, 0.4) is 0 Å². The minimum atomic E-state index is -1.08. The Hall–Kier alpha value is -3.44. The summed E-state index contributed by atoms with van der Waals surface area (Å²) in [4.78, 5) is 45.6. The summed E-state index contributed by atoms with van der Waals surface area (Å²) >= 11 is 0. The van der Waals surface area contributed by atoms with Crippen molar-refractivity contribution < 1.29 is 29.0 Å². The molecule has 360 valence electrons. The molecule has 1 N–H and O–H groups in total. The number of rotatable bonds is 20. The fourth-order valence-electron chi connectivity index (χ4n) is 11.6. The Morgan fingerprint density at radius 1 is 0.894 bits per heavy atom. The van der Waals surface area contributed by atoms with E-state index >= 15 is 0 Å². The average molecular weight is 918 g/mol. The van der Waals surface area contributed by atoms with Crippen molar-refractivity contribution in [3.63, 3.8) is 0 Å². The first-order valence-corrected chi connectivity index (χ1v) is 25.2. The number of carbonyl (C=O) groups is 3. The van der Waals surface area contributed by atoms with E-state index in [1.54, 1.807) is 6.92 Å². The Bertz CT molecular complexity index is 2160. The van der Waals surface area contributed by atoms with Crippen LogP contribution in [0.2, 0.25) is 0 Å². The van der Waals surface area contributed by atoms with Gasteiger partial charge in [-0.15, -0.1) is 23.2 Å². The molecule has 2 unspecified atom stereocenters. The maximum absolute atomic E-state index is 13.7. The fraction of sp³-hybridized carbons (Fsp3) is 0.691. The van der Waals surface area contributed by atoms with Crippen molar-refractivity contribution in [3.8, 4) is 0 Å². The minimum Gasteiger partial charge on any atom is -0.684 e. The molecule has 0 saturated carbocycles. The van der Waals surface area contributed by atoms with Crippen LogP contribution >= 0.6 is 0 Å². The number of ether oxygens (including phenoxy) is 2. The summed E-state index contributed by atoms with van der Waals surface area (Å²) in [6, 6.07) is -0.936. The fourth-order valence-corrected chi connectivity index (χ4v) is 11.6. The number of nitrogens with zero attached hydrogens (tertiary/aromatic N) is 4. The maximum atomic E-state index is 13.7. The Morgan fingerprint density at radius 2 is 1.56 bits per heavy atom. The van der Waals surface area contributed by atoms with E-state index < -0.39 is 17.9 Å². The molecule has 11 atom stereocenters. The Morgan fingerprint density at radius 3 is 2.20 bits per heavy atom. The van der Waals surface area contributed by atoms with Gasteiger partial charge in [0.2, 0.25) is 0 Å². The molecule has 6 rings (SSSR count). The SMILES string of the molecule is CC[C@H]1/C2=C/c3[n-]c4c(c3C)=C(O)[C@H](C(=O)OC)C=4[C@H]3[N-]/C(=C\C4[N-]C(=C(C(C)=O)C4C)C[C@H]([N-]2)[C@@H]1C)[C@@H](C)[C@@H]3CCC(=O)OC/C=C(/C)CCC[C@H](C)CCC[C@H](C)CCCC(C)C.[Mg+2]. The molecule has 11 heteroatoms. The van der Waals surface area contributed by atoms with Crippen LogP contribution in [0.4, 0.5) is 0 Å². The van der Waals surface area contributed by atoms with Crippen LogP contribution in [0.15, 0.2) is 40.4 Å². The first kappa shape index (κ1) is 53.5. The number of methoxy groups -OCH3 is 1. The van der Waals surface area contributed by atoms with Gasteiger partial charge in [0.1, 0.15) is 18.3 Å². The number of aromatic nitrogens is 1. The van der Waals surface area contributed by atoms with Gasteiger partial charge in [0.25, 0.3) is 0 Å². The minimum absolute atomic E-state index is 0. The predicted molar refractivity (Wildman–Crippen MR) is 268 cm³/mol. The number of hydrogen-bond donors (Lipinski definition) is 1. The van der Waals surface area contributed by atoms with E-state index in [-0.39, 0.29) is 95.3 Å². The molecule has 66 heavy (non-hydrogen) atoms. The zero-order valence-electron chi connectivity index (χ0n) is 42.5. The molecule has 2 saturated heterocycles. The number of allylic oxidation sites excluding steroid dienone is 3. The third-order valence-electron chi connectivity index (χ3n) is 15.8. The van der Waals surface area contributed by atoms with E-state index in [0.29, 0.717) is 40.6 Å². The normalized spacial score (nSPS) is 29.3. The molecule has 2 fully saturated rings. The summed E-state index contributed by atoms with van der Waals surface area (Å²) < 4.78 is 11.1. The molecular weight excluding hydrogens is 837 g/mol. The number of carbonyl (C=O) groups excluding carboxylic acids is 3. The summed E-state index contributed by atoms with van der Waals surface area (Å²) in [5.74, 6) is 0.250. The largest absolute Gasteiger partial charge is 2.00 e. The zero-order valence-corrected chi connectivity index (χ0v) is 44.0. The van der Waals surface area contributed by atoms with Crippen molar-refractivity contribution in [2.45, 2.75) is 178 Å². The van der Waals surface area contributed by atoms with E-state index in [1.165, 1.54) is 57.6 Å². The number of aliphatic hydroxyl groups is 1. The Labute approximate surface area is 413 Å². The number of aliphatic hydroxyl groups excluding tert-OH is 1.